The first-order chi connectivity index (χ1) is 14.3. The van der Waals surface area contributed by atoms with Gasteiger partial charge in [-0.25, -0.2) is 4.79 Å². The number of aliphatic hydroxyl groups is 1. The quantitative estimate of drug-likeness (QED) is 0.477. The Morgan fingerprint density at radius 2 is 1.70 bits per heavy atom. The fraction of sp³-hybridized carbons (Fsp3) is 0.130. The van der Waals surface area contributed by atoms with Gasteiger partial charge < -0.3 is 20.1 Å². The minimum absolute atomic E-state index is 0.0515. The monoisotopic (exact) mass is 426 g/mol. The van der Waals surface area contributed by atoms with Gasteiger partial charge in [-0.15, -0.1) is 0 Å². The number of benzene rings is 3. The molecular weight excluding hydrogens is 408 g/mol. The van der Waals surface area contributed by atoms with Gasteiger partial charge in [0.05, 0.1) is 11.1 Å². The highest BCUT2D eigenvalue weighted by Gasteiger charge is 2.16. The molecule has 3 aromatic rings. The van der Waals surface area contributed by atoms with E-state index in [1.165, 1.54) is 31.2 Å². The number of halogens is 1. The van der Waals surface area contributed by atoms with Crippen LogP contribution in [0.4, 0.5) is 0 Å². The normalized spacial score (nSPS) is 11.7. The van der Waals surface area contributed by atoms with Crippen molar-refractivity contribution < 1.29 is 29.6 Å². The van der Waals surface area contributed by atoms with Crippen molar-refractivity contribution >= 4 is 23.4 Å². The Balaban J connectivity index is 1.78. The topological polar surface area (TPSA) is 104 Å². The molecule has 0 aliphatic carbocycles. The number of carbonyl (C=O) groups excluding carboxylic acids is 1. The summed E-state index contributed by atoms with van der Waals surface area (Å²) in [4.78, 5) is 22.6. The molecule has 154 valence electrons. The molecule has 0 amide bonds. The largest absolute Gasteiger partial charge is 0.505 e. The van der Waals surface area contributed by atoms with E-state index in [0.29, 0.717) is 11.1 Å². The Labute approximate surface area is 177 Å². The van der Waals surface area contributed by atoms with Gasteiger partial charge in [0.1, 0.15) is 29.2 Å². The first-order valence-corrected chi connectivity index (χ1v) is 9.41. The highest BCUT2D eigenvalue weighted by molar-refractivity contribution is 6.34. The predicted octanol–water partition coefficient (Wildman–Crippen LogP) is 4.61. The Bertz CT molecular complexity index is 1110. The van der Waals surface area contributed by atoms with Crippen LogP contribution in [0.3, 0.4) is 0 Å². The molecule has 0 saturated heterocycles. The van der Waals surface area contributed by atoms with Crippen LogP contribution in [0.25, 0.3) is 0 Å². The summed E-state index contributed by atoms with van der Waals surface area (Å²) in [6.07, 6.45) is -1.01. The maximum Gasteiger partial charge on any atom is 0.335 e. The molecule has 0 bridgehead atoms. The number of carbonyl (C=O) groups is 2. The smallest absolute Gasteiger partial charge is 0.335 e. The van der Waals surface area contributed by atoms with E-state index in [-0.39, 0.29) is 40.0 Å². The van der Waals surface area contributed by atoms with Gasteiger partial charge in [-0.05, 0) is 53.9 Å². The van der Waals surface area contributed by atoms with E-state index in [4.69, 9.17) is 21.4 Å². The van der Waals surface area contributed by atoms with Gasteiger partial charge in [0.2, 0.25) is 0 Å². The number of ether oxygens (including phenoxy) is 1. The van der Waals surface area contributed by atoms with Gasteiger partial charge >= 0.3 is 5.97 Å². The van der Waals surface area contributed by atoms with E-state index in [9.17, 15) is 19.8 Å². The molecule has 3 aromatic carbocycles. The zero-order valence-electron chi connectivity index (χ0n) is 16.0. The number of aromatic hydroxyl groups is 1. The molecule has 7 heteroatoms. The lowest BCUT2D eigenvalue weighted by atomic mass is 9.98. The molecule has 3 N–H and O–H groups in total. The number of phenols is 1. The minimum atomic E-state index is -1.07. The number of aromatic carboxylic acids is 1. The van der Waals surface area contributed by atoms with Gasteiger partial charge in [-0.1, -0.05) is 41.9 Å². The second-order valence-electron chi connectivity index (χ2n) is 6.70. The molecule has 3 rings (SSSR count). The molecule has 0 saturated carbocycles. The molecule has 6 nitrogen and oxygen atoms in total. The van der Waals surface area contributed by atoms with Crippen molar-refractivity contribution in [1.82, 2.24) is 0 Å². The van der Waals surface area contributed by atoms with E-state index in [1.807, 2.05) is 0 Å². The van der Waals surface area contributed by atoms with Crippen molar-refractivity contribution in [1.29, 1.82) is 0 Å². The van der Waals surface area contributed by atoms with Crippen LogP contribution in [0.1, 0.15) is 50.4 Å². The summed E-state index contributed by atoms with van der Waals surface area (Å²) in [5, 5.41) is 29.8. The van der Waals surface area contributed by atoms with E-state index in [0.717, 1.165) is 5.56 Å². The Kier molecular flexibility index (Phi) is 6.40. The number of aliphatic hydroxyl groups excluding tert-OH is 1. The number of Topliss-reactive ketones (excluding diaryl/α,β-unsaturated/α-hetero) is 1. The summed E-state index contributed by atoms with van der Waals surface area (Å²) in [6, 6.07) is 16.1. The summed E-state index contributed by atoms with van der Waals surface area (Å²) in [5.41, 5.74) is 1.96. The van der Waals surface area contributed by atoms with Crippen LogP contribution < -0.4 is 4.74 Å². The number of hydrogen-bond acceptors (Lipinski definition) is 5. The van der Waals surface area contributed by atoms with Crippen molar-refractivity contribution in [2.24, 2.45) is 0 Å². The molecule has 0 heterocycles. The number of hydrogen-bond donors (Lipinski definition) is 3. The van der Waals surface area contributed by atoms with Crippen molar-refractivity contribution in [3.05, 3.63) is 93.5 Å². The first kappa shape index (κ1) is 21.4. The maximum atomic E-state index is 11.5. The van der Waals surface area contributed by atoms with Gasteiger partial charge in [-0.2, -0.15) is 0 Å². The van der Waals surface area contributed by atoms with Crippen LogP contribution >= 0.6 is 11.6 Å². The minimum Gasteiger partial charge on any atom is -0.505 e. The highest BCUT2D eigenvalue weighted by Crippen LogP contribution is 2.36. The second kappa shape index (κ2) is 8.98. The van der Waals surface area contributed by atoms with Crippen molar-refractivity contribution in [3.8, 4) is 11.5 Å². The Hall–Kier alpha value is -3.35. The lowest BCUT2D eigenvalue weighted by Crippen LogP contribution is -2.04. The fourth-order valence-corrected chi connectivity index (χ4v) is 3.21. The third kappa shape index (κ3) is 4.62. The number of carboxylic acids is 1. The van der Waals surface area contributed by atoms with Crippen LogP contribution in [-0.4, -0.2) is 27.1 Å². The predicted molar refractivity (Wildman–Crippen MR) is 111 cm³/mol. The third-order valence-corrected chi connectivity index (χ3v) is 4.94. The number of phenolic OH excluding ortho intramolecular Hbond substituents is 1. The van der Waals surface area contributed by atoms with Crippen LogP contribution in [0.5, 0.6) is 11.5 Å². The Morgan fingerprint density at radius 1 is 1.03 bits per heavy atom. The summed E-state index contributed by atoms with van der Waals surface area (Å²) < 4.78 is 5.67. The molecule has 0 aliphatic rings. The second-order valence-corrected chi connectivity index (χ2v) is 7.07. The van der Waals surface area contributed by atoms with Gasteiger partial charge in [0.25, 0.3) is 0 Å². The lowest BCUT2D eigenvalue weighted by Gasteiger charge is -2.14. The van der Waals surface area contributed by atoms with E-state index in [2.05, 4.69) is 0 Å². The van der Waals surface area contributed by atoms with Crippen molar-refractivity contribution in [3.63, 3.8) is 0 Å². The van der Waals surface area contributed by atoms with Crippen LogP contribution in [0, 0.1) is 0 Å². The standard InChI is InChI=1S/C23H19ClO6/c1-13(25)18-8-9-19(20(24)22(18)27)30-12-14-4-2-5-15(10-14)21(26)16-6-3-7-17(11-16)23(28)29/h2-11,21,26-27H,12H2,1H3,(H,28,29). The highest BCUT2D eigenvalue weighted by atomic mass is 35.5. The Morgan fingerprint density at radius 3 is 2.37 bits per heavy atom. The van der Waals surface area contributed by atoms with Gasteiger partial charge in [0.15, 0.2) is 5.78 Å². The summed E-state index contributed by atoms with van der Waals surface area (Å²) in [7, 11) is 0. The molecule has 30 heavy (non-hydrogen) atoms. The average Bonchev–Trinajstić information content (AvgIpc) is 2.74. The van der Waals surface area contributed by atoms with Gasteiger partial charge in [0, 0.05) is 0 Å². The molecule has 0 aliphatic heterocycles. The molecule has 1 atom stereocenters. The molecule has 0 aromatic heterocycles. The van der Waals surface area contributed by atoms with E-state index < -0.39 is 12.1 Å². The lowest BCUT2D eigenvalue weighted by molar-refractivity contribution is 0.0696. The zero-order valence-corrected chi connectivity index (χ0v) is 16.8. The first-order valence-electron chi connectivity index (χ1n) is 9.03. The van der Waals surface area contributed by atoms with Crippen molar-refractivity contribution in [2.45, 2.75) is 19.6 Å². The summed E-state index contributed by atoms with van der Waals surface area (Å²) in [5.74, 6) is -1.49. The average molecular weight is 427 g/mol. The number of carboxylic acid groups (broad SMARTS) is 1. The summed E-state index contributed by atoms with van der Waals surface area (Å²) >= 11 is 6.10. The number of rotatable bonds is 7. The molecule has 0 fully saturated rings. The van der Waals surface area contributed by atoms with E-state index >= 15 is 0 Å². The zero-order chi connectivity index (χ0) is 21.8. The van der Waals surface area contributed by atoms with Gasteiger partial charge in [-0.3, -0.25) is 4.79 Å². The van der Waals surface area contributed by atoms with Crippen LogP contribution in [-0.2, 0) is 6.61 Å². The molecule has 1 unspecified atom stereocenters. The SMILES string of the molecule is CC(=O)c1ccc(OCc2cccc(C(O)c3cccc(C(=O)O)c3)c2)c(Cl)c1O. The molecule has 0 radical (unpaired) electrons. The van der Waals surface area contributed by atoms with E-state index in [1.54, 1.807) is 36.4 Å². The van der Waals surface area contributed by atoms with Crippen LogP contribution in [0.2, 0.25) is 5.02 Å². The maximum absolute atomic E-state index is 11.5. The molecular formula is C23H19ClO6. The van der Waals surface area contributed by atoms with Crippen molar-refractivity contribution in [2.75, 3.05) is 0 Å². The van der Waals surface area contributed by atoms with Crippen LogP contribution in [0.15, 0.2) is 60.7 Å². The summed E-state index contributed by atoms with van der Waals surface area (Å²) in [6.45, 7) is 1.43. The number of ketones is 1. The fourth-order valence-electron chi connectivity index (χ4n) is 2.99. The molecule has 0 spiro atoms. The third-order valence-electron chi connectivity index (χ3n) is 4.57.